The zero-order valence-electron chi connectivity index (χ0n) is 13.6. The topological polar surface area (TPSA) is 37.4 Å². The molecule has 0 atom stereocenters. The van der Waals surface area contributed by atoms with E-state index in [0.29, 0.717) is 11.4 Å². The van der Waals surface area contributed by atoms with Crippen LogP contribution in [0.2, 0.25) is 0 Å². The summed E-state index contributed by atoms with van der Waals surface area (Å²) in [6.07, 6.45) is 5.51. The first-order chi connectivity index (χ1) is 9.89. The Hall–Kier alpha value is -0.870. The van der Waals surface area contributed by atoms with Crippen LogP contribution in [0.3, 0.4) is 0 Å². The van der Waals surface area contributed by atoms with Crippen molar-refractivity contribution in [3.63, 3.8) is 0 Å². The van der Waals surface area contributed by atoms with E-state index in [1.54, 1.807) is 10.4 Å². The van der Waals surface area contributed by atoms with Crippen LogP contribution >= 0.6 is 0 Å². The fourth-order valence-electron chi connectivity index (χ4n) is 3.33. The van der Waals surface area contributed by atoms with Crippen LogP contribution in [-0.2, 0) is 10.0 Å². The second-order valence-electron chi connectivity index (χ2n) is 6.13. The molecule has 0 aliphatic heterocycles. The molecule has 0 saturated heterocycles. The van der Waals surface area contributed by atoms with Crippen molar-refractivity contribution < 1.29 is 8.42 Å². The maximum atomic E-state index is 13.1. The minimum atomic E-state index is -3.39. The Bertz CT molecular complexity index is 601. The zero-order chi connectivity index (χ0) is 15.6. The monoisotopic (exact) mass is 309 g/mol. The van der Waals surface area contributed by atoms with Crippen molar-refractivity contribution in [1.82, 2.24) is 4.31 Å². The van der Waals surface area contributed by atoms with Gasteiger partial charge >= 0.3 is 0 Å². The molecular formula is C17H27NO2S. The lowest BCUT2D eigenvalue weighted by atomic mass is 9.95. The van der Waals surface area contributed by atoms with Crippen LogP contribution in [0.25, 0.3) is 0 Å². The average Bonchev–Trinajstić information content (AvgIpc) is 2.46. The highest BCUT2D eigenvalue weighted by Crippen LogP contribution is 2.30. The van der Waals surface area contributed by atoms with Crippen LogP contribution in [0.4, 0.5) is 0 Å². The van der Waals surface area contributed by atoms with Crippen LogP contribution in [0, 0.1) is 20.8 Å². The molecule has 0 unspecified atom stereocenters. The van der Waals surface area contributed by atoms with E-state index in [1.807, 2.05) is 33.8 Å². The van der Waals surface area contributed by atoms with E-state index in [1.165, 1.54) is 6.42 Å². The summed E-state index contributed by atoms with van der Waals surface area (Å²) in [5.41, 5.74) is 3.12. The first-order valence-electron chi connectivity index (χ1n) is 7.98. The fourth-order valence-corrected chi connectivity index (χ4v) is 5.31. The minimum absolute atomic E-state index is 0.176. The van der Waals surface area contributed by atoms with Gasteiger partial charge < -0.3 is 0 Å². The van der Waals surface area contributed by atoms with Crippen molar-refractivity contribution in [1.29, 1.82) is 0 Å². The first-order valence-corrected chi connectivity index (χ1v) is 9.42. The summed E-state index contributed by atoms with van der Waals surface area (Å²) in [6.45, 7) is 8.45. The van der Waals surface area contributed by atoms with Gasteiger partial charge in [-0.3, -0.25) is 0 Å². The maximum Gasteiger partial charge on any atom is 0.243 e. The maximum absolute atomic E-state index is 13.1. The van der Waals surface area contributed by atoms with Gasteiger partial charge in [0.05, 0.1) is 4.90 Å². The van der Waals surface area contributed by atoms with Crippen molar-refractivity contribution in [2.45, 2.75) is 70.7 Å². The molecule has 0 bridgehead atoms. The molecule has 0 spiro atoms. The number of rotatable bonds is 4. The third kappa shape index (κ3) is 3.16. The van der Waals surface area contributed by atoms with Crippen LogP contribution in [0.1, 0.15) is 55.7 Å². The van der Waals surface area contributed by atoms with Crippen molar-refractivity contribution in [2.75, 3.05) is 6.54 Å². The highest BCUT2D eigenvalue weighted by molar-refractivity contribution is 7.89. The average molecular weight is 309 g/mol. The SMILES string of the molecule is CCN(C1CCCCC1)S(=O)(=O)c1ccc(C)c(C)c1C. The highest BCUT2D eigenvalue weighted by Gasteiger charge is 2.32. The predicted octanol–water partition coefficient (Wildman–Crippen LogP) is 3.96. The number of benzene rings is 1. The molecule has 0 radical (unpaired) electrons. The lowest BCUT2D eigenvalue weighted by molar-refractivity contribution is 0.261. The minimum Gasteiger partial charge on any atom is -0.207 e. The Morgan fingerprint density at radius 2 is 1.67 bits per heavy atom. The summed E-state index contributed by atoms with van der Waals surface area (Å²) in [5, 5.41) is 0. The van der Waals surface area contributed by atoms with Crippen LogP contribution in [-0.4, -0.2) is 25.3 Å². The van der Waals surface area contributed by atoms with E-state index < -0.39 is 10.0 Å². The molecule has 2 rings (SSSR count). The summed E-state index contributed by atoms with van der Waals surface area (Å²) in [4.78, 5) is 0.484. The molecular weight excluding hydrogens is 282 g/mol. The van der Waals surface area contributed by atoms with Gasteiger partial charge in [-0.1, -0.05) is 32.3 Å². The van der Waals surface area contributed by atoms with Crippen molar-refractivity contribution in [2.24, 2.45) is 0 Å². The Kier molecular flexibility index (Phi) is 5.10. The smallest absolute Gasteiger partial charge is 0.207 e. The molecule has 1 fully saturated rings. The van der Waals surface area contributed by atoms with Gasteiger partial charge in [-0.15, -0.1) is 0 Å². The van der Waals surface area contributed by atoms with E-state index in [0.717, 1.165) is 42.4 Å². The van der Waals surface area contributed by atoms with Gasteiger partial charge in [0.25, 0.3) is 0 Å². The zero-order valence-corrected chi connectivity index (χ0v) is 14.5. The molecule has 1 aromatic carbocycles. The largest absolute Gasteiger partial charge is 0.243 e. The van der Waals surface area contributed by atoms with Gasteiger partial charge in [-0.05, 0) is 56.4 Å². The molecule has 0 aromatic heterocycles. The van der Waals surface area contributed by atoms with Gasteiger partial charge in [0.15, 0.2) is 0 Å². The van der Waals surface area contributed by atoms with Crippen LogP contribution < -0.4 is 0 Å². The van der Waals surface area contributed by atoms with Gasteiger partial charge in [0.2, 0.25) is 10.0 Å². The summed E-state index contributed by atoms with van der Waals surface area (Å²) in [6, 6.07) is 3.87. The molecule has 4 heteroatoms. The number of aryl methyl sites for hydroxylation is 1. The number of hydrogen-bond donors (Lipinski definition) is 0. The van der Waals surface area contributed by atoms with E-state index in [9.17, 15) is 8.42 Å². The molecule has 0 amide bonds. The Balaban J connectivity index is 2.42. The van der Waals surface area contributed by atoms with Crippen molar-refractivity contribution in [3.05, 3.63) is 28.8 Å². The Labute approximate surface area is 129 Å². The predicted molar refractivity (Wildman–Crippen MR) is 87.1 cm³/mol. The van der Waals surface area contributed by atoms with Gasteiger partial charge in [-0.25, -0.2) is 8.42 Å². The quantitative estimate of drug-likeness (QED) is 0.844. The molecule has 0 N–H and O–H groups in total. The van der Waals surface area contributed by atoms with Crippen LogP contribution in [0.15, 0.2) is 17.0 Å². The van der Waals surface area contributed by atoms with Crippen molar-refractivity contribution in [3.8, 4) is 0 Å². The molecule has 1 saturated carbocycles. The van der Waals surface area contributed by atoms with Gasteiger partial charge in [0.1, 0.15) is 0 Å². The van der Waals surface area contributed by atoms with Gasteiger partial charge in [-0.2, -0.15) is 4.31 Å². The molecule has 3 nitrogen and oxygen atoms in total. The van der Waals surface area contributed by atoms with E-state index in [4.69, 9.17) is 0 Å². The second kappa shape index (κ2) is 6.49. The summed E-state index contributed by atoms with van der Waals surface area (Å²) < 4.78 is 27.9. The number of hydrogen-bond acceptors (Lipinski definition) is 2. The highest BCUT2D eigenvalue weighted by atomic mass is 32.2. The molecule has 1 aromatic rings. The number of sulfonamides is 1. The lowest BCUT2D eigenvalue weighted by Gasteiger charge is -2.33. The fraction of sp³-hybridized carbons (Fsp3) is 0.647. The third-order valence-corrected chi connectivity index (χ3v) is 7.06. The summed E-state index contributed by atoms with van der Waals surface area (Å²) >= 11 is 0. The summed E-state index contributed by atoms with van der Waals surface area (Å²) in [7, 11) is -3.39. The summed E-state index contributed by atoms with van der Waals surface area (Å²) in [5.74, 6) is 0. The second-order valence-corrected chi connectivity index (χ2v) is 7.99. The van der Waals surface area contributed by atoms with E-state index in [2.05, 4.69) is 0 Å². The number of nitrogens with zero attached hydrogens (tertiary/aromatic N) is 1. The van der Waals surface area contributed by atoms with E-state index in [-0.39, 0.29) is 6.04 Å². The molecule has 118 valence electrons. The third-order valence-electron chi connectivity index (χ3n) is 4.89. The molecule has 21 heavy (non-hydrogen) atoms. The Morgan fingerprint density at radius 3 is 2.24 bits per heavy atom. The molecule has 1 aliphatic rings. The van der Waals surface area contributed by atoms with E-state index >= 15 is 0 Å². The van der Waals surface area contributed by atoms with Crippen LogP contribution in [0.5, 0.6) is 0 Å². The first kappa shape index (κ1) is 16.5. The van der Waals surface area contributed by atoms with Crippen molar-refractivity contribution >= 4 is 10.0 Å². The van der Waals surface area contributed by atoms with Gasteiger partial charge in [0, 0.05) is 12.6 Å². The normalized spacial score (nSPS) is 17.4. The molecule has 1 aliphatic carbocycles. The lowest BCUT2D eigenvalue weighted by Crippen LogP contribution is -2.41. The standard InChI is InChI=1S/C17H27NO2S/c1-5-18(16-9-7-6-8-10-16)21(19,20)17-12-11-13(2)14(3)15(17)4/h11-12,16H,5-10H2,1-4H3. The molecule has 0 heterocycles. The Morgan fingerprint density at radius 1 is 1.05 bits per heavy atom.